The number of rotatable bonds is 4. The molecule has 0 radical (unpaired) electrons. The third-order valence-corrected chi connectivity index (χ3v) is 8.51. The molecule has 0 N–H and O–H groups in total. The number of benzene rings is 7. The predicted octanol–water partition coefficient (Wildman–Crippen LogP) is 10.7. The topological polar surface area (TPSA) is 51.8 Å². The second-order valence-corrected chi connectivity index (χ2v) is 11.2. The molecule has 4 heteroatoms. The first-order valence-corrected chi connectivity index (χ1v) is 15.0. The fourth-order valence-corrected chi connectivity index (χ4v) is 6.27. The number of hydrogen-bond donors (Lipinski definition) is 0. The van der Waals surface area contributed by atoms with Crippen molar-refractivity contribution in [1.29, 1.82) is 0 Å². The van der Waals surface area contributed by atoms with Crippen molar-refractivity contribution in [2.75, 3.05) is 0 Å². The van der Waals surface area contributed by atoms with Crippen LogP contribution in [0.5, 0.6) is 0 Å². The highest BCUT2D eigenvalue weighted by Gasteiger charge is 2.16. The Balaban J connectivity index is 1.15. The van der Waals surface area contributed by atoms with Gasteiger partial charge in [0.25, 0.3) is 0 Å². The van der Waals surface area contributed by atoms with E-state index in [-0.39, 0.29) is 0 Å². The Morgan fingerprint density at radius 2 is 0.889 bits per heavy atom. The fraction of sp³-hybridized carbons (Fsp3) is 0. The maximum atomic E-state index is 6.01. The Bertz CT molecular complexity index is 2500. The van der Waals surface area contributed by atoms with E-state index in [0.29, 0.717) is 5.89 Å². The molecule has 0 amide bonds. The number of fused-ring (bicyclic) bond motifs is 5. The van der Waals surface area contributed by atoms with Gasteiger partial charge in [-0.3, -0.25) is 0 Å². The van der Waals surface area contributed by atoms with E-state index in [1.165, 1.54) is 32.7 Å². The maximum Gasteiger partial charge on any atom is 0.227 e. The Hall–Kier alpha value is -6.13. The molecule has 9 rings (SSSR count). The lowest BCUT2D eigenvalue weighted by molar-refractivity contribution is 0.620. The van der Waals surface area contributed by atoms with Crippen LogP contribution in [0.1, 0.15) is 0 Å². The van der Waals surface area contributed by atoms with E-state index in [1.807, 2.05) is 60.7 Å². The molecule has 0 saturated heterocycles. The van der Waals surface area contributed by atoms with Gasteiger partial charge in [-0.2, -0.15) is 0 Å². The summed E-state index contributed by atoms with van der Waals surface area (Å²) in [5.41, 5.74) is 10.3. The van der Waals surface area contributed by atoms with Gasteiger partial charge in [-0.15, -0.1) is 0 Å². The molecule has 4 nitrogen and oxygen atoms in total. The molecule has 0 unspecified atom stereocenters. The van der Waals surface area contributed by atoms with Crippen molar-refractivity contribution >= 4 is 43.7 Å². The molecule has 210 valence electrons. The lowest BCUT2D eigenvalue weighted by Crippen LogP contribution is -1.95. The summed E-state index contributed by atoms with van der Waals surface area (Å²) in [7, 11) is 0. The monoisotopic (exact) mass is 575 g/mol. The SMILES string of the molecule is c1ccc2c(c1)cc(-c1ccc(-c3nc4ccccc4nc3-c3ccc(-c4nc5ccccc5o4)cc3)cc1)c1ccccc12. The first kappa shape index (κ1) is 25.4. The van der Waals surface area contributed by atoms with Crippen molar-refractivity contribution in [3.05, 3.63) is 152 Å². The van der Waals surface area contributed by atoms with Crippen molar-refractivity contribution < 1.29 is 4.42 Å². The molecular formula is C41H25N3O. The van der Waals surface area contributed by atoms with E-state index in [9.17, 15) is 0 Å². The van der Waals surface area contributed by atoms with E-state index >= 15 is 0 Å². The van der Waals surface area contributed by atoms with Gasteiger partial charge in [-0.05, 0) is 75.1 Å². The van der Waals surface area contributed by atoms with Crippen LogP contribution in [-0.4, -0.2) is 15.0 Å². The zero-order valence-corrected chi connectivity index (χ0v) is 24.2. The molecule has 2 aromatic heterocycles. The summed E-state index contributed by atoms with van der Waals surface area (Å²) in [5, 5.41) is 5.01. The molecule has 45 heavy (non-hydrogen) atoms. The molecule has 0 aliphatic heterocycles. The standard InChI is InChI=1S/C41H25N3O/c1-2-10-31-30(9-1)25-34(33-12-4-3-11-32(31)33)26-17-19-27(20-18-26)39-40(43-36-14-6-5-13-35(36)42-39)28-21-23-29(24-22-28)41-44-37-15-7-8-16-38(37)45-41/h1-25H. The number of hydrogen-bond acceptors (Lipinski definition) is 4. The van der Waals surface area contributed by atoms with E-state index in [2.05, 4.69) is 96.0 Å². The van der Waals surface area contributed by atoms with Gasteiger partial charge in [0, 0.05) is 16.7 Å². The van der Waals surface area contributed by atoms with Crippen LogP contribution < -0.4 is 0 Å². The molecule has 0 spiro atoms. The zero-order chi connectivity index (χ0) is 29.7. The molecule has 0 aliphatic rings. The smallest absolute Gasteiger partial charge is 0.227 e. The second kappa shape index (κ2) is 10.2. The van der Waals surface area contributed by atoms with Gasteiger partial charge in [0.1, 0.15) is 5.52 Å². The zero-order valence-electron chi connectivity index (χ0n) is 24.2. The van der Waals surface area contributed by atoms with Crippen LogP contribution in [0.4, 0.5) is 0 Å². The third-order valence-electron chi connectivity index (χ3n) is 8.51. The summed E-state index contributed by atoms with van der Waals surface area (Å²) in [6, 6.07) is 52.3. The van der Waals surface area contributed by atoms with E-state index in [1.54, 1.807) is 0 Å². The predicted molar refractivity (Wildman–Crippen MR) is 184 cm³/mol. The molecule has 0 atom stereocenters. The summed E-state index contributed by atoms with van der Waals surface area (Å²) in [6.07, 6.45) is 0. The van der Waals surface area contributed by atoms with E-state index in [4.69, 9.17) is 14.4 Å². The minimum absolute atomic E-state index is 0.601. The van der Waals surface area contributed by atoms with Crippen molar-refractivity contribution in [1.82, 2.24) is 15.0 Å². The van der Waals surface area contributed by atoms with Gasteiger partial charge in [-0.1, -0.05) is 109 Å². The fourth-order valence-electron chi connectivity index (χ4n) is 6.27. The van der Waals surface area contributed by atoms with E-state index < -0.39 is 0 Å². The lowest BCUT2D eigenvalue weighted by atomic mass is 9.92. The van der Waals surface area contributed by atoms with Gasteiger partial charge in [0.15, 0.2) is 5.58 Å². The molecule has 0 bridgehead atoms. The van der Waals surface area contributed by atoms with Crippen molar-refractivity contribution in [3.63, 3.8) is 0 Å². The van der Waals surface area contributed by atoms with Gasteiger partial charge < -0.3 is 4.42 Å². The molecular weight excluding hydrogens is 550 g/mol. The largest absolute Gasteiger partial charge is 0.436 e. The van der Waals surface area contributed by atoms with Crippen LogP contribution >= 0.6 is 0 Å². The first-order valence-electron chi connectivity index (χ1n) is 15.0. The number of para-hydroxylation sites is 4. The van der Waals surface area contributed by atoms with Gasteiger partial charge >= 0.3 is 0 Å². The Labute approximate surface area is 259 Å². The third kappa shape index (κ3) is 4.35. The molecule has 0 saturated carbocycles. The summed E-state index contributed by atoms with van der Waals surface area (Å²) in [4.78, 5) is 14.9. The highest BCUT2D eigenvalue weighted by molar-refractivity contribution is 6.13. The summed E-state index contributed by atoms with van der Waals surface area (Å²) < 4.78 is 6.01. The lowest BCUT2D eigenvalue weighted by Gasteiger charge is -2.13. The Kier molecular flexibility index (Phi) is 5.78. The normalized spacial score (nSPS) is 11.6. The number of aromatic nitrogens is 3. The number of nitrogens with zero attached hydrogens (tertiary/aromatic N) is 3. The Morgan fingerprint density at radius 1 is 0.378 bits per heavy atom. The van der Waals surface area contributed by atoms with Crippen LogP contribution in [-0.2, 0) is 0 Å². The van der Waals surface area contributed by atoms with Crippen LogP contribution in [0, 0.1) is 0 Å². The molecule has 7 aromatic carbocycles. The highest BCUT2D eigenvalue weighted by Crippen LogP contribution is 2.37. The highest BCUT2D eigenvalue weighted by atomic mass is 16.3. The summed E-state index contributed by atoms with van der Waals surface area (Å²) in [6.45, 7) is 0. The van der Waals surface area contributed by atoms with Gasteiger partial charge in [0.2, 0.25) is 5.89 Å². The molecule has 0 aliphatic carbocycles. The van der Waals surface area contributed by atoms with Crippen LogP contribution in [0.15, 0.2) is 156 Å². The second-order valence-electron chi connectivity index (χ2n) is 11.2. The van der Waals surface area contributed by atoms with Crippen LogP contribution in [0.25, 0.3) is 88.8 Å². The maximum absolute atomic E-state index is 6.01. The van der Waals surface area contributed by atoms with Crippen molar-refractivity contribution in [3.8, 4) is 45.1 Å². The van der Waals surface area contributed by atoms with Gasteiger partial charge in [0.05, 0.1) is 22.4 Å². The first-order chi connectivity index (χ1) is 22.3. The van der Waals surface area contributed by atoms with E-state index in [0.717, 1.165) is 50.2 Å². The molecule has 2 heterocycles. The van der Waals surface area contributed by atoms with Crippen molar-refractivity contribution in [2.45, 2.75) is 0 Å². The van der Waals surface area contributed by atoms with Gasteiger partial charge in [-0.25, -0.2) is 15.0 Å². The minimum Gasteiger partial charge on any atom is -0.436 e. The van der Waals surface area contributed by atoms with Crippen LogP contribution in [0.3, 0.4) is 0 Å². The molecule has 0 fully saturated rings. The summed E-state index contributed by atoms with van der Waals surface area (Å²) in [5.74, 6) is 0.601. The quantitative estimate of drug-likeness (QED) is 0.196. The Morgan fingerprint density at radius 3 is 1.56 bits per heavy atom. The van der Waals surface area contributed by atoms with Crippen molar-refractivity contribution in [2.24, 2.45) is 0 Å². The minimum atomic E-state index is 0.601. The average molecular weight is 576 g/mol. The molecule has 9 aromatic rings. The summed E-state index contributed by atoms with van der Waals surface area (Å²) >= 11 is 0. The number of oxazole rings is 1. The van der Waals surface area contributed by atoms with Crippen LogP contribution in [0.2, 0.25) is 0 Å². The average Bonchev–Trinajstić information content (AvgIpc) is 3.56.